The largest absolute Gasteiger partial charge is 0.428 e. The van der Waals surface area contributed by atoms with Crippen LogP contribution in [0.5, 0.6) is 0 Å². The Hall–Kier alpha value is -0.260. The van der Waals surface area contributed by atoms with Crippen molar-refractivity contribution in [1.29, 1.82) is 0 Å². The SMILES string of the molecule is CC(=O)P(=O)(ON)ON. The molecule has 0 spiro atoms. The molecule has 6 nitrogen and oxygen atoms in total. The van der Waals surface area contributed by atoms with E-state index in [1.807, 2.05) is 0 Å². The van der Waals surface area contributed by atoms with Gasteiger partial charge in [0.1, 0.15) is 0 Å². The average molecular weight is 154 g/mol. The van der Waals surface area contributed by atoms with Gasteiger partial charge in [0.05, 0.1) is 0 Å². The highest BCUT2D eigenvalue weighted by atomic mass is 31.2. The van der Waals surface area contributed by atoms with Gasteiger partial charge in [-0.25, -0.2) is 25.6 Å². The minimum Gasteiger partial charge on any atom is -0.286 e. The molecular weight excluding hydrogens is 147 g/mol. The summed E-state index contributed by atoms with van der Waals surface area (Å²) in [5.74, 6) is 8.86. The van der Waals surface area contributed by atoms with E-state index in [0.29, 0.717) is 0 Å². The summed E-state index contributed by atoms with van der Waals surface area (Å²) in [5.41, 5.74) is -0.826. The highest BCUT2D eigenvalue weighted by Crippen LogP contribution is 2.44. The average Bonchev–Trinajstić information content (AvgIpc) is 1.86. The third-order valence-corrected chi connectivity index (χ3v) is 1.99. The number of hydrogen-bond acceptors (Lipinski definition) is 6. The van der Waals surface area contributed by atoms with Crippen LogP contribution in [-0.2, 0) is 18.6 Å². The van der Waals surface area contributed by atoms with Gasteiger partial charge in [0, 0.05) is 6.92 Å². The first-order chi connectivity index (χ1) is 4.06. The lowest BCUT2D eigenvalue weighted by Gasteiger charge is -2.05. The predicted octanol–water partition coefficient (Wildman–Crippen LogP) is -0.493. The highest BCUT2D eigenvalue weighted by molar-refractivity contribution is 7.71. The summed E-state index contributed by atoms with van der Waals surface area (Å²) in [4.78, 5) is 10.3. The molecule has 54 valence electrons. The fourth-order valence-electron chi connectivity index (χ4n) is 0.173. The van der Waals surface area contributed by atoms with Gasteiger partial charge >= 0.3 is 7.60 Å². The number of nitrogens with two attached hydrogens (primary N) is 2. The van der Waals surface area contributed by atoms with E-state index < -0.39 is 13.1 Å². The van der Waals surface area contributed by atoms with Gasteiger partial charge in [-0.2, -0.15) is 0 Å². The summed E-state index contributed by atoms with van der Waals surface area (Å²) < 4.78 is 18.0. The van der Waals surface area contributed by atoms with E-state index in [9.17, 15) is 9.36 Å². The van der Waals surface area contributed by atoms with Gasteiger partial charge in [0.15, 0.2) is 0 Å². The lowest BCUT2D eigenvalue weighted by molar-refractivity contribution is -0.112. The smallest absolute Gasteiger partial charge is 0.286 e. The summed E-state index contributed by atoms with van der Waals surface area (Å²) in [6, 6.07) is 0. The van der Waals surface area contributed by atoms with Crippen molar-refractivity contribution in [3.05, 3.63) is 0 Å². The predicted molar refractivity (Wildman–Crippen MR) is 28.8 cm³/mol. The Kier molecular flexibility index (Phi) is 2.96. The van der Waals surface area contributed by atoms with Crippen molar-refractivity contribution < 1.29 is 18.6 Å². The van der Waals surface area contributed by atoms with E-state index in [1.165, 1.54) is 0 Å². The first-order valence-electron chi connectivity index (χ1n) is 1.95. The van der Waals surface area contributed by atoms with Gasteiger partial charge in [0.25, 0.3) is 0 Å². The molecule has 0 aliphatic heterocycles. The first-order valence-corrected chi connectivity index (χ1v) is 3.49. The fourth-order valence-corrected chi connectivity index (χ4v) is 0.520. The third-order valence-electron chi connectivity index (χ3n) is 0.663. The zero-order valence-electron chi connectivity index (χ0n) is 4.73. The minimum atomic E-state index is -3.84. The molecular formula is C2H7N2O4P. The fraction of sp³-hybridized carbons (Fsp3) is 0.500. The van der Waals surface area contributed by atoms with Crippen LogP contribution in [0.1, 0.15) is 6.92 Å². The third kappa shape index (κ3) is 1.85. The van der Waals surface area contributed by atoms with Crippen LogP contribution in [-0.4, -0.2) is 5.52 Å². The van der Waals surface area contributed by atoms with Crippen LogP contribution in [0.2, 0.25) is 0 Å². The molecule has 0 unspecified atom stereocenters. The summed E-state index contributed by atoms with van der Waals surface area (Å²) in [7, 11) is -3.84. The molecule has 0 atom stereocenters. The van der Waals surface area contributed by atoms with Crippen LogP contribution >= 0.6 is 7.60 Å². The highest BCUT2D eigenvalue weighted by Gasteiger charge is 2.29. The second-order valence-corrected chi connectivity index (χ2v) is 3.27. The van der Waals surface area contributed by atoms with E-state index in [-0.39, 0.29) is 0 Å². The van der Waals surface area contributed by atoms with Gasteiger partial charge < -0.3 is 0 Å². The van der Waals surface area contributed by atoms with E-state index >= 15 is 0 Å². The molecule has 0 radical (unpaired) electrons. The molecule has 0 aliphatic carbocycles. The van der Waals surface area contributed by atoms with Crippen LogP contribution in [0, 0.1) is 0 Å². The van der Waals surface area contributed by atoms with Crippen LogP contribution < -0.4 is 11.8 Å². The van der Waals surface area contributed by atoms with E-state index in [1.54, 1.807) is 0 Å². The molecule has 0 fully saturated rings. The van der Waals surface area contributed by atoms with Crippen LogP contribution in [0.25, 0.3) is 0 Å². The van der Waals surface area contributed by atoms with Crippen molar-refractivity contribution in [2.75, 3.05) is 0 Å². The molecule has 0 saturated carbocycles. The Morgan fingerprint density at radius 3 is 1.78 bits per heavy atom. The van der Waals surface area contributed by atoms with E-state index in [4.69, 9.17) is 0 Å². The van der Waals surface area contributed by atoms with E-state index in [0.717, 1.165) is 6.92 Å². The van der Waals surface area contributed by atoms with Crippen molar-refractivity contribution in [3.8, 4) is 0 Å². The molecule has 0 heterocycles. The summed E-state index contributed by atoms with van der Waals surface area (Å²) in [5, 5.41) is 0. The molecule has 0 aromatic heterocycles. The molecule has 0 rings (SSSR count). The number of carbonyl (C=O) groups excluding carboxylic acids is 1. The van der Waals surface area contributed by atoms with Crippen molar-refractivity contribution in [2.24, 2.45) is 11.8 Å². The summed E-state index contributed by atoms with van der Waals surface area (Å²) in [6.45, 7) is 1.00. The van der Waals surface area contributed by atoms with Crippen molar-refractivity contribution >= 4 is 13.1 Å². The van der Waals surface area contributed by atoms with Gasteiger partial charge in [-0.05, 0) is 0 Å². The van der Waals surface area contributed by atoms with Crippen molar-refractivity contribution in [3.63, 3.8) is 0 Å². The standard InChI is InChI=1S/C2H7N2O4P/c1-2(5)9(6,7-3)8-4/h3-4H2,1H3. The lowest BCUT2D eigenvalue weighted by Crippen LogP contribution is -2.10. The zero-order valence-corrected chi connectivity index (χ0v) is 5.63. The molecule has 0 aliphatic rings. The number of carbonyl (C=O) groups is 1. The quantitative estimate of drug-likeness (QED) is 0.419. The summed E-state index contributed by atoms with van der Waals surface area (Å²) >= 11 is 0. The van der Waals surface area contributed by atoms with Gasteiger partial charge in [-0.3, -0.25) is 4.79 Å². The Morgan fingerprint density at radius 2 is 1.78 bits per heavy atom. The maximum absolute atomic E-state index is 10.6. The van der Waals surface area contributed by atoms with Crippen molar-refractivity contribution in [1.82, 2.24) is 0 Å². The normalized spacial score (nSPS) is 11.4. The first kappa shape index (κ1) is 8.74. The Balaban J connectivity index is 4.30. The van der Waals surface area contributed by atoms with Crippen molar-refractivity contribution in [2.45, 2.75) is 6.92 Å². The molecule has 0 saturated heterocycles. The lowest BCUT2D eigenvalue weighted by atomic mass is 10.9. The molecule has 4 N–H and O–H groups in total. The second kappa shape index (κ2) is 3.05. The monoisotopic (exact) mass is 154 g/mol. The van der Waals surface area contributed by atoms with E-state index in [2.05, 4.69) is 21.0 Å². The van der Waals surface area contributed by atoms with Gasteiger partial charge in [-0.15, -0.1) is 0 Å². The van der Waals surface area contributed by atoms with Crippen LogP contribution in [0.3, 0.4) is 0 Å². The molecule has 7 heteroatoms. The molecule has 0 aromatic rings. The molecule has 0 bridgehead atoms. The topological polar surface area (TPSA) is 105 Å². The zero-order chi connectivity index (χ0) is 7.49. The Labute approximate surface area is 51.5 Å². The molecule has 0 amide bonds. The van der Waals surface area contributed by atoms with Crippen LogP contribution in [0.4, 0.5) is 0 Å². The second-order valence-electron chi connectivity index (χ2n) is 1.23. The summed E-state index contributed by atoms with van der Waals surface area (Å²) in [6.07, 6.45) is 0. The number of hydrogen-bond donors (Lipinski definition) is 2. The minimum absolute atomic E-state index is 0.826. The number of rotatable bonds is 3. The maximum atomic E-state index is 10.6. The Morgan fingerprint density at radius 1 is 1.44 bits per heavy atom. The maximum Gasteiger partial charge on any atom is 0.428 e. The van der Waals surface area contributed by atoms with Crippen LogP contribution in [0.15, 0.2) is 0 Å². The van der Waals surface area contributed by atoms with Gasteiger partial charge in [0.2, 0.25) is 5.52 Å². The molecule has 0 aromatic carbocycles. The van der Waals surface area contributed by atoms with Gasteiger partial charge in [-0.1, -0.05) is 0 Å². The Bertz CT molecular complexity index is 149. The molecule has 9 heavy (non-hydrogen) atoms.